The maximum atomic E-state index is 10.1. The van der Waals surface area contributed by atoms with Crippen molar-refractivity contribution in [3.05, 3.63) is 12.3 Å². The molecule has 0 aromatic heterocycles. The smallest absolute Gasteiger partial charge is 0.329 e. The SMILES string of the molecule is CC(C)C1(CN/C=C/C(=O)O)CC1. The fourth-order valence-electron chi connectivity index (χ4n) is 1.51. The molecule has 0 aromatic carbocycles. The van der Waals surface area contributed by atoms with Crippen molar-refractivity contribution in [2.75, 3.05) is 6.54 Å². The van der Waals surface area contributed by atoms with Crippen molar-refractivity contribution in [3.8, 4) is 0 Å². The van der Waals surface area contributed by atoms with E-state index >= 15 is 0 Å². The van der Waals surface area contributed by atoms with Crippen LogP contribution in [-0.4, -0.2) is 17.6 Å². The van der Waals surface area contributed by atoms with Gasteiger partial charge in [0.25, 0.3) is 0 Å². The summed E-state index contributed by atoms with van der Waals surface area (Å²) in [6.45, 7) is 5.33. The van der Waals surface area contributed by atoms with Gasteiger partial charge in [0.05, 0.1) is 0 Å². The predicted octanol–water partition coefficient (Wildman–Crippen LogP) is 1.61. The molecule has 13 heavy (non-hydrogen) atoms. The minimum Gasteiger partial charge on any atom is -0.478 e. The Hall–Kier alpha value is -0.990. The fraction of sp³-hybridized carbons (Fsp3) is 0.700. The van der Waals surface area contributed by atoms with Gasteiger partial charge in [-0.2, -0.15) is 0 Å². The first-order chi connectivity index (χ1) is 6.07. The third-order valence-corrected chi connectivity index (χ3v) is 2.91. The number of rotatable bonds is 5. The van der Waals surface area contributed by atoms with Crippen LogP contribution in [-0.2, 0) is 4.79 Å². The first kappa shape index (κ1) is 10.1. The van der Waals surface area contributed by atoms with Crippen molar-refractivity contribution in [1.29, 1.82) is 0 Å². The average Bonchev–Trinajstić information content (AvgIpc) is 2.78. The molecule has 0 saturated heterocycles. The molecule has 1 aliphatic carbocycles. The Morgan fingerprint density at radius 3 is 2.62 bits per heavy atom. The summed E-state index contributed by atoms with van der Waals surface area (Å²) in [6, 6.07) is 0. The Labute approximate surface area is 78.8 Å². The Morgan fingerprint density at radius 2 is 2.23 bits per heavy atom. The monoisotopic (exact) mass is 183 g/mol. The summed E-state index contributed by atoms with van der Waals surface area (Å²) >= 11 is 0. The van der Waals surface area contributed by atoms with Crippen molar-refractivity contribution < 1.29 is 9.90 Å². The molecule has 1 aliphatic rings. The van der Waals surface area contributed by atoms with Crippen molar-refractivity contribution in [3.63, 3.8) is 0 Å². The molecular formula is C10H17NO2. The van der Waals surface area contributed by atoms with E-state index in [0.717, 1.165) is 12.6 Å². The van der Waals surface area contributed by atoms with Gasteiger partial charge in [-0.3, -0.25) is 0 Å². The van der Waals surface area contributed by atoms with Crippen molar-refractivity contribution in [1.82, 2.24) is 5.32 Å². The highest BCUT2D eigenvalue weighted by atomic mass is 16.4. The molecule has 0 atom stereocenters. The lowest BCUT2D eigenvalue weighted by Gasteiger charge is -2.18. The lowest BCUT2D eigenvalue weighted by Crippen LogP contribution is -2.24. The summed E-state index contributed by atoms with van der Waals surface area (Å²) in [5.74, 6) is -0.222. The fourth-order valence-corrected chi connectivity index (χ4v) is 1.51. The lowest BCUT2D eigenvalue weighted by atomic mass is 9.92. The standard InChI is InChI=1S/C10H17NO2/c1-8(2)10(4-5-10)7-11-6-3-9(12)13/h3,6,8,11H,4-5,7H2,1-2H3,(H,12,13)/b6-3+. The van der Waals surface area contributed by atoms with Gasteiger partial charge in [-0.25, -0.2) is 4.79 Å². The first-order valence-corrected chi connectivity index (χ1v) is 4.70. The zero-order chi connectivity index (χ0) is 9.90. The number of hydrogen-bond acceptors (Lipinski definition) is 2. The van der Waals surface area contributed by atoms with Gasteiger partial charge in [0.1, 0.15) is 0 Å². The van der Waals surface area contributed by atoms with E-state index in [-0.39, 0.29) is 0 Å². The molecule has 74 valence electrons. The molecule has 1 saturated carbocycles. The van der Waals surface area contributed by atoms with E-state index in [0.29, 0.717) is 11.3 Å². The van der Waals surface area contributed by atoms with E-state index in [1.165, 1.54) is 19.0 Å². The van der Waals surface area contributed by atoms with Crippen LogP contribution in [0.15, 0.2) is 12.3 Å². The number of hydrogen-bond donors (Lipinski definition) is 2. The predicted molar refractivity (Wildman–Crippen MR) is 51.3 cm³/mol. The molecule has 0 radical (unpaired) electrons. The van der Waals surface area contributed by atoms with E-state index in [4.69, 9.17) is 5.11 Å². The van der Waals surface area contributed by atoms with Gasteiger partial charge in [0, 0.05) is 18.8 Å². The molecule has 3 nitrogen and oxygen atoms in total. The maximum Gasteiger partial charge on any atom is 0.329 e. The van der Waals surface area contributed by atoms with Gasteiger partial charge in [0.15, 0.2) is 0 Å². The Morgan fingerprint density at radius 1 is 1.62 bits per heavy atom. The summed E-state index contributed by atoms with van der Waals surface area (Å²) in [7, 11) is 0. The second-order valence-electron chi connectivity index (χ2n) is 4.07. The molecule has 1 fully saturated rings. The molecular weight excluding hydrogens is 166 g/mol. The zero-order valence-corrected chi connectivity index (χ0v) is 8.21. The van der Waals surface area contributed by atoms with Gasteiger partial charge in [-0.15, -0.1) is 0 Å². The van der Waals surface area contributed by atoms with Gasteiger partial charge in [-0.05, 0) is 24.2 Å². The number of aliphatic carboxylic acids is 1. The van der Waals surface area contributed by atoms with Crippen LogP contribution in [0.2, 0.25) is 0 Å². The second-order valence-corrected chi connectivity index (χ2v) is 4.07. The molecule has 0 aliphatic heterocycles. The average molecular weight is 183 g/mol. The molecule has 2 N–H and O–H groups in total. The number of carboxylic acids is 1. The summed E-state index contributed by atoms with van der Waals surface area (Å²) < 4.78 is 0. The van der Waals surface area contributed by atoms with Crippen molar-refractivity contribution >= 4 is 5.97 Å². The zero-order valence-electron chi connectivity index (χ0n) is 8.21. The molecule has 3 heteroatoms. The van der Waals surface area contributed by atoms with E-state index in [9.17, 15) is 4.79 Å². The van der Waals surface area contributed by atoms with E-state index in [1.807, 2.05) is 0 Å². The third kappa shape index (κ3) is 2.76. The van der Waals surface area contributed by atoms with Crippen LogP contribution < -0.4 is 5.32 Å². The van der Waals surface area contributed by atoms with Crippen LogP contribution in [0.5, 0.6) is 0 Å². The largest absolute Gasteiger partial charge is 0.478 e. The maximum absolute atomic E-state index is 10.1. The summed E-state index contributed by atoms with van der Waals surface area (Å²) in [5, 5.41) is 11.4. The first-order valence-electron chi connectivity index (χ1n) is 4.70. The Kier molecular flexibility index (Phi) is 2.96. The van der Waals surface area contributed by atoms with E-state index in [2.05, 4.69) is 19.2 Å². The Balaban J connectivity index is 2.23. The summed E-state index contributed by atoms with van der Waals surface area (Å²) in [5.41, 5.74) is 0.433. The van der Waals surface area contributed by atoms with E-state index in [1.54, 1.807) is 0 Å². The number of nitrogens with one attached hydrogen (secondary N) is 1. The topological polar surface area (TPSA) is 49.3 Å². The van der Waals surface area contributed by atoms with Gasteiger partial charge in [0.2, 0.25) is 0 Å². The van der Waals surface area contributed by atoms with Crippen LogP contribution in [0.4, 0.5) is 0 Å². The highest BCUT2D eigenvalue weighted by molar-refractivity contribution is 5.79. The van der Waals surface area contributed by atoms with Crippen LogP contribution in [0.25, 0.3) is 0 Å². The normalized spacial score (nSPS) is 19.3. The highest BCUT2D eigenvalue weighted by Gasteiger charge is 2.44. The molecule has 0 amide bonds. The Bertz CT molecular complexity index is 217. The quantitative estimate of drug-likeness (QED) is 0.637. The number of carboxylic acid groups (broad SMARTS) is 1. The summed E-state index contributed by atoms with van der Waals surface area (Å²) in [6.07, 6.45) is 5.18. The van der Waals surface area contributed by atoms with Crippen LogP contribution in [0.1, 0.15) is 26.7 Å². The third-order valence-electron chi connectivity index (χ3n) is 2.91. The van der Waals surface area contributed by atoms with E-state index < -0.39 is 5.97 Å². The second kappa shape index (κ2) is 3.81. The molecule has 0 heterocycles. The number of carbonyl (C=O) groups is 1. The van der Waals surface area contributed by atoms with Crippen molar-refractivity contribution in [2.24, 2.45) is 11.3 Å². The molecule has 0 aromatic rings. The minimum atomic E-state index is -0.901. The minimum absolute atomic E-state index is 0.433. The summed E-state index contributed by atoms with van der Waals surface area (Å²) in [4.78, 5) is 10.1. The molecule has 0 spiro atoms. The van der Waals surface area contributed by atoms with Crippen LogP contribution in [0, 0.1) is 11.3 Å². The lowest BCUT2D eigenvalue weighted by molar-refractivity contribution is -0.131. The molecule has 0 unspecified atom stereocenters. The molecule has 0 bridgehead atoms. The van der Waals surface area contributed by atoms with Crippen LogP contribution in [0.3, 0.4) is 0 Å². The van der Waals surface area contributed by atoms with Gasteiger partial charge < -0.3 is 10.4 Å². The molecule has 1 rings (SSSR count). The van der Waals surface area contributed by atoms with Crippen LogP contribution >= 0.6 is 0 Å². The van der Waals surface area contributed by atoms with Gasteiger partial charge >= 0.3 is 5.97 Å². The highest BCUT2D eigenvalue weighted by Crippen LogP contribution is 2.51. The van der Waals surface area contributed by atoms with Gasteiger partial charge in [-0.1, -0.05) is 13.8 Å². The van der Waals surface area contributed by atoms with Crippen molar-refractivity contribution in [2.45, 2.75) is 26.7 Å².